The first kappa shape index (κ1) is 8.38. The van der Waals surface area contributed by atoms with Gasteiger partial charge >= 0.3 is 0 Å². The molecule has 0 spiro atoms. The molecule has 3 heteroatoms. The number of nitrogens with zero attached hydrogens (tertiary/aromatic N) is 2. The van der Waals surface area contributed by atoms with Crippen LogP contribution in [0.2, 0.25) is 0 Å². The van der Waals surface area contributed by atoms with E-state index in [0.29, 0.717) is 0 Å². The predicted octanol–water partition coefficient (Wildman–Crippen LogP) is 2.91. The van der Waals surface area contributed by atoms with Crippen LogP contribution in [0.15, 0.2) is 47.3 Å². The van der Waals surface area contributed by atoms with Crippen molar-refractivity contribution in [2.24, 2.45) is 0 Å². The van der Waals surface area contributed by atoms with Crippen molar-refractivity contribution in [1.82, 2.24) is 9.97 Å². The van der Waals surface area contributed by atoms with Crippen LogP contribution in [0.3, 0.4) is 0 Å². The molecule has 13 heavy (non-hydrogen) atoms. The molecule has 0 saturated heterocycles. The van der Waals surface area contributed by atoms with Gasteiger partial charge in [0.15, 0.2) is 0 Å². The maximum atomic E-state index is 4.19. The predicted molar refractivity (Wildman–Crippen MR) is 55.2 cm³/mol. The third-order valence-electron chi connectivity index (χ3n) is 1.71. The average Bonchev–Trinajstić information content (AvgIpc) is 2.20. The third-order valence-corrected chi connectivity index (χ3v) is 2.30. The lowest BCUT2D eigenvalue weighted by atomic mass is 10.1. The molecule has 0 aliphatic heterocycles. The molecule has 0 atom stereocenters. The fourth-order valence-corrected chi connectivity index (χ4v) is 1.57. The molecule has 0 amide bonds. The van der Waals surface area contributed by atoms with Gasteiger partial charge in [0.05, 0.1) is 10.2 Å². The Balaban J connectivity index is 2.54. The zero-order valence-corrected chi connectivity index (χ0v) is 8.40. The van der Waals surface area contributed by atoms with Gasteiger partial charge in [0.1, 0.15) is 6.33 Å². The second-order valence-corrected chi connectivity index (χ2v) is 3.44. The maximum Gasteiger partial charge on any atom is 0.116 e. The van der Waals surface area contributed by atoms with E-state index in [2.05, 4.69) is 25.9 Å². The fraction of sp³-hybridized carbons (Fsp3) is 0. The van der Waals surface area contributed by atoms with E-state index in [4.69, 9.17) is 0 Å². The summed E-state index contributed by atoms with van der Waals surface area (Å²) in [5.41, 5.74) is 2.02. The smallest absolute Gasteiger partial charge is 0.116 e. The van der Waals surface area contributed by atoms with Crippen LogP contribution in [0.5, 0.6) is 0 Å². The molecule has 64 valence electrons. The van der Waals surface area contributed by atoms with Gasteiger partial charge in [0, 0.05) is 11.8 Å². The molecule has 0 unspecified atom stereocenters. The van der Waals surface area contributed by atoms with Crippen LogP contribution in [0.25, 0.3) is 11.3 Å². The van der Waals surface area contributed by atoms with Gasteiger partial charge in [-0.1, -0.05) is 30.3 Å². The Bertz CT molecular complexity index is 401. The average molecular weight is 235 g/mol. The molecule has 0 aliphatic carbocycles. The SMILES string of the molecule is Brc1cncnc1-c1ccccc1. The molecule has 0 bridgehead atoms. The van der Waals surface area contributed by atoms with Crippen LogP contribution in [0.1, 0.15) is 0 Å². The molecule has 0 N–H and O–H groups in total. The van der Waals surface area contributed by atoms with Crippen molar-refractivity contribution in [1.29, 1.82) is 0 Å². The Labute approximate surface area is 84.8 Å². The van der Waals surface area contributed by atoms with Crippen LogP contribution in [0.4, 0.5) is 0 Å². The van der Waals surface area contributed by atoms with Crippen LogP contribution in [-0.2, 0) is 0 Å². The lowest BCUT2D eigenvalue weighted by Crippen LogP contribution is -1.85. The summed E-state index contributed by atoms with van der Waals surface area (Å²) in [5, 5.41) is 0. The Hall–Kier alpha value is -1.22. The first-order valence-electron chi connectivity index (χ1n) is 3.89. The largest absolute Gasteiger partial charge is 0.244 e. The Morgan fingerprint density at radius 2 is 1.85 bits per heavy atom. The molecule has 0 fully saturated rings. The fourth-order valence-electron chi connectivity index (χ4n) is 1.12. The highest BCUT2D eigenvalue weighted by Gasteiger charge is 2.01. The van der Waals surface area contributed by atoms with Gasteiger partial charge in [-0.2, -0.15) is 0 Å². The van der Waals surface area contributed by atoms with Gasteiger partial charge in [-0.05, 0) is 15.9 Å². The van der Waals surface area contributed by atoms with E-state index in [9.17, 15) is 0 Å². The molecular weight excluding hydrogens is 228 g/mol. The molecule has 0 saturated carbocycles. The number of aromatic nitrogens is 2. The highest BCUT2D eigenvalue weighted by molar-refractivity contribution is 9.10. The van der Waals surface area contributed by atoms with Crippen molar-refractivity contribution in [2.45, 2.75) is 0 Å². The number of hydrogen-bond donors (Lipinski definition) is 0. The second-order valence-electron chi connectivity index (χ2n) is 2.59. The third kappa shape index (κ3) is 1.75. The zero-order valence-electron chi connectivity index (χ0n) is 6.81. The molecule has 2 rings (SSSR count). The summed E-state index contributed by atoms with van der Waals surface area (Å²) in [6.45, 7) is 0. The van der Waals surface area contributed by atoms with Gasteiger partial charge < -0.3 is 0 Å². The summed E-state index contributed by atoms with van der Waals surface area (Å²) < 4.78 is 0.918. The summed E-state index contributed by atoms with van der Waals surface area (Å²) >= 11 is 3.41. The van der Waals surface area contributed by atoms with Crippen LogP contribution < -0.4 is 0 Å². The monoisotopic (exact) mass is 234 g/mol. The first-order valence-corrected chi connectivity index (χ1v) is 4.68. The van der Waals surface area contributed by atoms with Gasteiger partial charge in [-0.15, -0.1) is 0 Å². The molecule has 1 aromatic heterocycles. The molecule has 2 aromatic rings. The van der Waals surface area contributed by atoms with Gasteiger partial charge in [-0.25, -0.2) is 9.97 Å². The second kappa shape index (κ2) is 3.66. The zero-order chi connectivity index (χ0) is 9.10. The Kier molecular flexibility index (Phi) is 2.36. The van der Waals surface area contributed by atoms with Crippen molar-refractivity contribution < 1.29 is 0 Å². The van der Waals surface area contributed by atoms with Gasteiger partial charge in [0.25, 0.3) is 0 Å². The minimum Gasteiger partial charge on any atom is -0.244 e. The minimum atomic E-state index is 0.918. The number of rotatable bonds is 1. The van der Waals surface area contributed by atoms with Crippen molar-refractivity contribution in [2.75, 3.05) is 0 Å². The number of halogens is 1. The summed E-state index contributed by atoms with van der Waals surface area (Å²) in [5.74, 6) is 0. The normalized spacial score (nSPS) is 9.92. The number of benzene rings is 1. The van der Waals surface area contributed by atoms with E-state index in [0.717, 1.165) is 15.7 Å². The summed E-state index contributed by atoms with van der Waals surface area (Å²) in [6.07, 6.45) is 3.29. The topological polar surface area (TPSA) is 25.8 Å². The van der Waals surface area contributed by atoms with Crippen LogP contribution >= 0.6 is 15.9 Å². The highest BCUT2D eigenvalue weighted by atomic mass is 79.9. The number of hydrogen-bond acceptors (Lipinski definition) is 2. The quantitative estimate of drug-likeness (QED) is 0.759. The minimum absolute atomic E-state index is 0.918. The van der Waals surface area contributed by atoms with E-state index in [1.54, 1.807) is 12.5 Å². The van der Waals surface area contributed by atoms with Crippen molar-refractivity contribution in [3.8, 4) is 11.3 Å². The van der Waals surface area contributed by atoms with Crippen LogP contribution in [0, 0.1) is 0 Å². The maximum absolute atomic E-state index is 4.19. The molecule has 1 heterocycles. The summed E-state index contributed by atoms with van der Waals surface area (Å²) in [6, 6.07) is 10.0. The van der Waals surface area contributed by atoms with Crippen molar-refractivity contribution in [3.05, 3.63) is 47.3 Å². The van der Waals surface area contributed by atoms with Crippen LogP contribution in [-0.4, -0.2) is 9.97 Å². The van der Waals surface area contributed by atoms with E-state index < -0.39 is 0 Å². The molecule has 2 nitrogen and oxygen atoms in total. The van der Waals surface area contributed by atoms with Gasteiger partial charge in [-0.3, -0.25) is 0 Å². The molecular formula is C10H7BrN2. The highest BCUT2D eigenvalue weighted by Crippen LogP contribution is 2.23. The van der Waals surface area contributed by atoms with E-state index in [-0.39, 0.29) is 0 Å². The first-order chi connectivity index (χ1) is 6.38. The molecule has 0 radical (unpaired) electrons. The lowest BCUT2D eigenvalue weighted by Gasteiger charge is -2.00. The molecule has 0 aliphatic rings. The summed E-state index contributed by atoms with van der Waals surface area (Å²) in [7, 11) is 0. The Morgan fingerprint density at radius 3 is 2.54 bits per heavy atom. The van der Waals surface area contributed by atoms with E-state index in [1.165, 1.54) is 0 Å². The lowest BCUT2D eigenvalue weighted by molar-refractivity contribution is 1.16. The van der Waals surface area contributed by atoms with Crippen molar-refractivity contribution >= 4 is 15.9 Å². The van der Waals surface area contributed by atoms with Crippen molar-refractivity contribution in [3.63, 3.8) is 0 Å². The van der Waals surface area contributed by atoms with Gasteiger partial charge in [0.2, 0.25) is 0 Å². The van der Waals surface area contributed by atoms with E-state index >= 15 is 0 Å². The standard InChI is InChI=1S/C10H7BrN2/c11-9-6-12-7-13-10(9)8-4-2-1-3-5-8/h1-7H. The molecule has 1 aromatic carbocycles. The van der Waals surface area contributed by atoms with E-state index in [1.807, 2.05) is 30.3 Å². The summed E-state index contributed by atoms with van der Waals surface area (Å²) in [4.78, 5) is 8.10. The Morgan fingerprint density at radius 1 is 1.08 bits per heavy atom.